The van der Waals surface area contributed by atoms with Gasteiger partial charge in [0, 0.05) is 15.5 Å². The molecule has 7 heteroatoms. The molecule has 82 valence electrons. The van der Waals surface area contributed by atoms with Gasteiger partial charge in [0.05, 0.1) is 5.56 Å². The Morgan fingerprint density at radius 1 is 1.40 bits per heavy atom. The second-order valence-electron chi connectivity index (χ2n) is 2.79. The van der Waals surface area contributed by atoms with Crippen molar-refractivity contribution in [3.05, 3.63) is 44.5 Å². The predicted molar refractivity (Wildman–Crippen MR) is 47.2 cm³/mol. The average Bonchev–Trinajstić information content (AvgIpc) is 2.05. The molecule has 0 unspecified atom stereocenters. The van der Waals surface area contributed by atoms with E-state index in [4.69, 9.17) is 11.6 Å². The first-order valence-corrected chi connectivity index (χ1v) is 4.16. The highest BCUT2D eigenvalue weighted by Gasteiger charge is 2.34. The van der Waals surface area contributed by atoms with Gasteiger partial charge in [0.1, 0.15) is 0 Å². The Morgan fingerprint density at radius 2 is 2.00 bits per heavy atom. The summed E-state index contributed by atoms with van der Waals surface area (Å²) < 4.78 is 37.2. The van der Waals surface area contributed by atoms with Gasteiger partial charge in [-0.25, -0.2) is 0 Å². The Labute approximate surface area is 87.6 Å². The Bertz CT molecular complexity index is 392. The van der Waals surface area contributed by atoms with Crippen molar-refractivity contribution in [1.29, 1.82) is 0 Å². The summed E-state index contributed by atoms with van der Waals surface area (Å²) in [4.78, 5) is 9.32. The van der Waals surface area contributed by atoms with Gasteiger partial charge >= 0.3 is 6.18 Å². The first-order chi connectivity index (χ1) is 6.80. The molecule has 1 rings (SSSR count). The summed E-state index contributed by atoms with van der Waals surface area (Å²) in [6.07, 6.45) is -4.63. The van der Waals surface area contributed by atoms with Crippen LogP contribution < -0.4 is 0 Å². The van der Waals surface area contributed by atoms with Gasteiger partial charge in [-0.1, -0.05) is 17.7 Å². The zero-order valence-corrected chi connectivity index (χ0v) is 7.97. The molecule has 0 aliphatic heterocycles. The van der Waals surface area contributed by atoms with Gasteiger partial charge in [-0.3, -0.25) is 10.1 Å². The summed E-state index contributed by atoms with van der Waals surface area (Å²) in [6, 6.07) is 2.88. The van der Waals surface area contributed by atoms with Crippen LogP contribution in [0, 0.1) is 10.1 Å². The minimum Gasteiger partial charge on any atom is -0.264 e. The quantitative estimate of drug-likeness (QED) is 0.588. The molecule has 0 spiro atoms. The minimum atomic E-state index is -4.63. The van der Waals surface area contributed by atoms with Crippen molar-refractivity contribution >= 4 is 11.6 Å². The Morgan fingerprint density at radius 3 is 2.47 bits per heavy atom. The van der Waals surface area contributed by atoms with Crippen molar-refractivity contribution in [2.45, 2.75) is 12.7 Å². The van der Waals surface area contributed by atoms with E-state index in [9.17, 15) is 23.3 Å². The molecule has 0 saturated carbocycles. The second kappa shape index (κ2) is 4.06. The normalized spacial score (nSPS) is 11.5. The molecule has 0 amide bonds. The molecule has 0 saturated heterocycles. The molecule has 0 fully saturated rings. The standard InChI is InChI=1S/C8H5ClF3NO2/c9-6-2-1-5(4-13(14)15)7(3-6)8(10,11)12/h1-3H,4H2. The zero-order chi connectivity index (χ0) is 11.6. The molecule has 0 radical (unpaired) electrons. The molecule has 1 aromatic carbocycles. The first-order valence-electron chi connectivity index (χ1n) is 3.78. The maximum atomic E-state index is 12.4. The van der Waals surface area contributed by atoms with Crippen LogP contribution >= 0.6 is 11.6 Å². The van der Waals surface area contributed by atoms with Crippen LogP contribution in [0.25, 0.3) is 0 Å². The van der Waals surface area contributed by atoms with Crippen molar-refractivity contribution in [2.24, 2.45) is 0 Å². The van der Waals surface area contributed by atoms with E-state index >= 15 is 0 Å². The van der Waals surface area contributed by atoms with Crippen LogP contribution in [-0.2, 0) is 12.7 Å². The molecule has 3 nitrogen and oxygen atoms in total. The van der Waals surface area contributed by atoms with Crippen LogP contribution in [-0.4, -0.2) is 4.92 Å². The lowest BCUT2D eigenvalue weighted by Gasteiger charge is -2.10. The van der Waals surface area contributed by atoms with Gasteiger partial charge in [0.2, 0.25) is 6.54 Å². The van der Waals surface area contributed by atoms with Crippen LogP contribution in [0.3, 0.4) is 0 Å². The van der Waals surface area contributed by atoms with Crippen LogP contribution in [0.1, 0.15) is 11.1 Å². The smallest absolute Gasteiger partial charge is 0.264 e. The first kappa shape index (κ1) is 11.8. The van der Waals surface area contributed by atoms with Crippen molar-refractivity contribution in [2.75, 3.05) is 0 Å². The van der Waals surface area contributed by atoms with Crippen molar-refractivity contribution in [3.63, 3.8) is 0 Å². The predicted octanol–water partition coefficient (Wildman–Crippen LogP) is 3.14. The van der Waals surface area contributed by atoms with E-state index in [2.05, 4.69) is 0 Å². The summed E-state index contributed by atoms with van der Waals surface area (Å²) >= 11 is 5.39. The van der Waals surface area contributed by atoms with E-state index in [1.54, 1.807) is 0 Å². The number of benzene rings is 1. The third kappa shape index (κ3) is 3.09. The summed E-state index contributed by atoms with van der Waals surface area (Å²) in [6.45, 7) is -0.869. The lowest BCUT2D eigenvalue weighted by Crippen LogP contribution is -2.11. The molecule has 0 heterocycles. The maximum Gasteiger partial charge on any atom is 0.416 e. The fraction of sp³-hybridized carbons (Fsp3) is 0.250. The van der Waals surface area contributed by atoms with Gasteiger partial charge in [-0.05, 0) is 12.1 Å². The molecule has 0 aliphatic rings. The SMILES string of the molecule is O=[N+]([O-])Cc1ccc(Cl)cc1C(F)(F)F. The molecule has 0 aliphatic carbocycles. The largest absolute Gasteiger partial charge is 0.416 e. The molecule has 0 bridgehead atoms. The Balaban J connectivity index is 3.20. The highest BCUT2D eigenvalue weighted by molar-refractivity contribution is 6.30. The number of hydrogen-bond donors (Lipinski definition) is 0. The van der Waals surface area contributed by atoms with Crippen molar-refractivity contribution in [3.8, 4) is 0 Å². The fourth-order valence-corrected chi connectivity index (χ4v) is 1.26. The van der Waals surface area contributed by atoms with E-state index in [1.165, 1.54) is 6.07 Å². The van der Waals surface area contributed by atoms with E-state index < -0.39 is 28.8 Å². The van der Waals surface area contributed by atoms with Crippen molar-refractivity contribution in [1.82, 2.24) is 0 Å². The van der Waals surface area contributed by atoms with Crippen LogP contribution in [0.15, 0.2) is 18.2 Å². The van der Waals surface area contributed by atoms with Crippen LogP contribution in [0.2, 0.25) is 5.02 Å². The molecule has 0 atom stereocenters. The van der Waals surface area contributed by atoms with Crippen LogP contribution in [0.4, 0.5) is 13.2 Å². The number of nitro groups is 1. The van der Waals surface area contributed by atoms with Crippen LogP contribution in [0.5, 0.6) is 0 Å². The molecular weight excluding hydrogens is 235 g/mol. The average molecular weight is 240 g/mol. The fourth-order valence-electron chi connectivity index (χ4n) is 1.09. The number of alkyl halides is 3. The molecular formula is C8H5ClF3NO2. The summed E-state index contributed by atoms with van der Waals surface area (Å²) in [7, 11) is 0. The van der Waals surface area contributed by atoms with Gasteiger partial charge in [0.25, 0.3) is 0 Å². The molecule has 0 N–H and O–H groups in total. The Hall–Kier alpha value is -1.30. The number of nitrogens with zero attached hydrogens (tertiary/aromatic N) is 1. The third-order valence-electron chi connectivity index (χ3n) is 1.68. The van der Waals surface area contributed by atoms with Gasteiger partial charge in [-0.15, -0.1) is 0 Å². The van der Waals surface area contributed by atoms with E-state index in [0.29, 0.717) is 6.07 Å². The van der Waals surface area contributed by atoms with Gasteiger partial charge < -0.3 is 0 Å². The van der Waals surface area contributed by atoms with Gasteiger partial charge in [0.15, 0.2) is 0 Å². The lowest BCUT2D eigenvalue weighted by atomic mass is 10.1. The second-order valence-corrected chi connectivity index (χ2v) is 3.23. The highest BCUT2D eigenvalue weighted by atomic mass is 35.5. The van der Waals surface area contributed by atoms with Gasteiger partial charge in [-0.2, -0.15) is 13.2 Å². The van der Waals surface area contributed by atoms with E-state index in [-0.39, 0.29) is 5.02 Å². The van der Waals surface area contributed by atoms with E-state index in [1.807, 2.05) is 0 Å². The van der Waals surface area contributed by atoms with E-state index in [0.717, 1.165) is 6.07 Å². The monoisotopic (exact) mass is 239 g/mol. The third-order valence-corrected chi connectivity index (χ3v) is 1.91. The zero-order valence-electron chi connectivity index (χ0n) is 7.21. The number of halogens is 4. The lowest BCUT2D eigenvalue weighted by molar-refractivity contribution is -0.497. The minimum absolute atomic E-state index is 0.102. The summed E-state index contributed by atoms with van der Waals surface area (Å²) in [5, 5.41) is 10.0. The van der Waals surface area contributed by atoms with Crippen molar-refractivity contribution < 1.29 is 18.1 Å². The molecule has 1 aromatic rings. The summed E-state index contributed by atoms with van der Waals surface area (Å²) in [5.74, 6) is 0. The topological polar surface area (TPSA) is 43.1 Å². The highest BCUT2D eigenvalue weighted by Crippen LogP contribution is 2.33. The molecule has 15 heavy (non-hydrogen) atoms. The molecule has 0 aromatic heterocycles. The number of hydrogen-bond acceptors (Lipinski definition) is 2. The Kier molecular flexibility index (Phi) is 3.18. The maximum absolute atomic E-state index is 12.4. The number of rotatable bonds is 2. The summed E-state index contributed by atoms with van der Waals surface area (Å²) in [5.41, 5.74) is -1.45.